The van der Waals surface area contributed by atoms with Crippen molar-refractivity contribution in [2.45, 2.75) is 0 Å². The van der Waals surface area contributed by atoms with Gasteiger partial charge in [-0.15, -0.1) is 10.2 Å². The lowest BCUT2D eigenvalue weighted by molar-refractivity contribution is 0.102. The van der Waals surface area contributed by atoms with Gasteiger partial charge in [-0.2, -0.15) is 0 Å². The molecule has 1 amide bonds. The van der Waals surface area contributed by atoms with Crippen LogP contribution in [-0.2, 0) is 0 Å². The fraction of sp³-hybridized carbons (Fsp3) is 0. The molecule has 0 atom stereocenters. The molecule has 3 N–H and O–H groups in total. The lowest BCUT2D eigenvalue weighted by Gasteiger charge is -2.07. The normalized spacial score (nSPS) is 10.5. The van der Waals surface area contributed by atoms with Crippen molar-refractivity contribution in [3.05, 3.63) is 84.4 Å². The van der Waals surface area contributed by atoms with E-state index in [2.05, 4.69) is 15.5 Å². The standard InChI is InChI=1S/C21H16N4O2/c22-18-13-15(19(26)23-16-9-5-2-6-10-16)11-12-17(18)21-25-24-20(27-21)14-7-3-1-4-8-14/h1-13H,22H2,(H,23,26). The number of nitrogens with two attached hydrogens (primary N) is 1. The first-order valence-corrected chi connectivity index (χ1v) is 8.36. The quantitative estimate of drug-likeness (QED) is 0.533. The number of hydrogen-bond donors (Lipinski definition) is 2. The van der Waals surface area contributed by atoms with Gasteiger partial charge >= 0.3 is 0 Å². The molecular formula is C21H16N4O2. The van der Waals surface area contributed by atoms with Gasteiger partial charge in [0.2, 0.25) is 11.8 Å². The number of para-hydroxylation sites is 1. The fourth-order valence-corrected chi connectivity index (χ4v) is 2.65. The van der Waals surface area contributed by atoms with E-state index in [1.54, 1.807) is 18.2 Å². The Morgan fingerprint density at radius 1 is 0.852 bits per heavy atom. The highest BCUT2D eigenvalue weighted by molar-refractivity contribution is 6.05. The predicted octanol–water partition coefficient (Wildman–Crippen LogP) is 4.24. The van der Waals surface area contributed by atoms with Crippen molar-refractivity contribution < 1.29 is 9.21 Å². The molecule has 0 unspecified atom stereocenters. The van der Waals surface area contributed by atoms with E-state index < -0.39 is 0 Å². The minimum Gasteiger partial charge on any atom is -0.416 e. The third-order valence-corrected chi connectivity index (χ3v) is 4.02. The molecule has 1 heterocycles. The summed E-state index contributed by atoms with van der Waals surface area (Å²) in [7, 11) is 0. The van der Waals surface area contributed by atoms with Crippen LogP contribution in [0.4, 0.5) is 11.4 Å². The average Bonchev–Trinajstić information content (AvgIpc) is 3.19. The zero-order chi connectivity index (χ0) is 18.6. The number of nitrogen functional groups attached to an aromatic ring is 1. The molecule has 0 fully saturated rings. The molecule has 4 rings (SSSR count). The summed E-state index contributed by atoms with van der Waals surface area (Å²) in [5.41, 5.74) is 9.09. The topological polar surface area (TPSA) is 94.0 Å². The van der Waals surface area contributed by atoms with Crippen LogP contribution in [0.1, 0.15) is 10.4 Å². The van der Waals surface area contributed by atoms with E-state index in [0.717, 1.165) is 11.3 Å². The minimum atomic E-state index is -0.241. The van der Waals surface area contributed by atoms with Crippen LogP contribution in [0.5, 0.6) is 0 Å². The molecule has 0 radical (unpaired) electrons. The smallest absolute Gasteiger partial charge is 0.255 e. The first-order chi connectivity index (χ1) is 13.2. The molecule has 0 saturated heterocycles. The summed E-state index contributed by atoms with van der Waals surface area (Å²) in [6.07, 6.45) is 0. The SMILES string of the molecule is Nc1cc(C(=O)Nc2ccccc2)ccc1-c1nnc(-c2ccccc2)o1. The van der Waals surface area contributed by atoms with Gasteiger partial charge in [-0.1, -0.05) is 36.4 Å². The second-order valence-electron chi connectivity index (χ2n) is 5.90. The molecule has 6 nitrogen and oxygen atoms in total. The Hall–Kier alpha value is -3.93. The number of nitrogens with one attached hydrogen (secondary N) is 1. The minimum absolute atomic E-state index is 0.241. The summed E-state index contributed by atoms with van der Waals surface area (Å²) in [6, 6.07) is 23.7. The highest BCUT2D eigenvalue weighted by Gasteiger charge is 2.15. The summed E-state index contributed by atoms with van der Waals surface area (Å²) < 4.78 is 5.73. The lowest BCUT2D eigenvalue weighted by Crippen LogP contribution is -2.12. The van der Waals surface area contributed by atoms with Crippen LogP contribution in [0.15, 0.2) is 83.3 Å². The van der Waals surface area contributed by atoms with Gasteiger partial charge in [-0.3, -0.25) is 4.79 Å². The number of amides is 1. The number of benzene rings is 3. The first-order valence-electron chi connectivity index (χ1n) is 8.36. The molecule has 0 aliphatic rings. The molecule has 0 aliphatic carbocycles. The first kappa shape index (κ1) is 16.5. The van der Waals surface area contributed by atoms with Gasteiger partial charge in [0, 0.05) is 22.5 Å². The van der Waals surface area contributed by atoms with Crippen molar-refractivity contribution in [2.75, 3.05) is 11.1 Å². The maximum absolute atomic E-state index is 12.4. The largest absolute Gasteiger partial charge is 0.416 e. The van der Waals surface area contributed by atoms with Gasteiger partial charge in [0.15, 0.2) is 0 Å². The lowest BCUT2D eigenvalue weighted by atomic mass is 10.1. The number of aromatic nitrogens is 2. The maximum Gasteiger partial charge on any atom is 0.255 e. The Labute approximate surface area is 155 Å². The molecular weight excluding hydrogens is 340 g/mol. The molecule has 3 aromatic carbocycles. The number of carbonyl (C=O) groups is 1. The van der Waals surface area contributed by atoms with Crippen molar-refractivity contribution in [1.82, 2.24) is 10.2 Å². The molecule has 0 spiro atoms. The fourth-order valence-electron chi connectivity index (χ4n) is 2.65. The number of rotatable bonds is 4. The van der Waals surface area contributed by atoms with E-state index >= 15 is 0 Å². The Kier molecular flexibility index (Phi) is 4.37. The number of nitrogens with zero attached hydrogens (tertiary/aromatic N) is 2. The van der Waals surface area contributed by atoms with E-state index in [0.29, 0.717) is 28.6 Å². The van der Waals surface area contributed by atoms with Crippen molar-refractivity contribution >= 4 is 17.3 Å². The molecule has 1 aromatic heterocycles. The molecule has 0 bridgehead atoms. The second-order valence-corrected chi connectivity index (χ2v) is 5.90. The van der Waals surface area contributed by atoms with Crippen molar-refractivity contribution in [3.8, 4) is 22.9 Å². The average molecular weight is 356 g/mol. The van der Waals surface area contributed by atoms with E-state index in [1.165, 1.54) is 0 Å². The number of carbonyl (C=O) groups excluding carboxylic acids is 1. The number of anilines is 2. The van der Waals surface area contributed by atoms with Crippen LogP contribution in [0.25, 0.3) is 22.9 Å². The Morgan fingerprint density at radius 2 is 1.52 bits per heavy atom. The highest BCUT2D eigenvalue weighted by atomic mass is 16.4. The zero-order valence-corrected chi connectivity index (χ0v) is 14.3. The van der Waals surface area contributed by atoms with Crippen LogP contribution in [0.3, 0.4) is 0 Å². The van der Waals surface area contributed by atoms with Crippen molar-refractivity contribution in [3.63, 3.8) is 0 Å². The molecule has 6 heteroatoms. The van der Waals surface area contributed by atoms with Crippen LogP contribution in [0, 0.1) is 0 Å². The third-order valence-electron chi connectivity index (χ3n) is 4.02. The van der Waals surface area contributed by atoms with Gasteiger partial charge in [0.05, 0.1) is 5.56 Å². The number of hydrogen-bond acceptors (Lipinski definition) is 5. The summed E-state index contributed by atoms with van der Waals surface area (Å²) >= 11 is 0. The van der Waals surface area contributed by atoms with Gasteiger partial charge in [-0.05, 0) is 42.5 Å². The van der Waals surface area contributed by atoms with Gasteiger partial charge in [0.1, 0.15) is 0 Å². The molecule has 0 saturated carbocycles. The molecule has 4 aromatic rings. The van der Waals surface area contributed by atoms with Crippen LogP contribution < -0.4 is 11.1 Å². The summed E-state index contributed by atoms with van der Waals surface area (Å²) in [6.45, 7) is 0. The van der Waals surface area contributed by atoms with Crippen LogP contribution in [-0.4, -0.2) is 16.1 Å². The monoisotopic (exact) mass is 356 g/mol. The Bertz CT molecular complexity index is 1080. The van der Waals surface area contributed by atoms with E-state index in [9.17, 15) is 4.79 Å². The van der Waals surface area contributed by atoms with Crippen LogP contribution in [0.2, 0.25) is 0 Å². The van der Waals surface area contributed by atoms with Gasteiger partial charge in [-0.25, -0.2) is 0 Å². The van der Waals surface area contributed by atoms with Crippen molar-refractivity contribution in [1.29, 1.82) is 0 Å². The third kappa shape index (κ3) is 3.55. The summed E-state index contributed by atoms with van der Waals surface area (Å²) in [5, 5.41) is 11.0. The summed E-state index contributed by atoms with van der Waals surface area (Å²) in [4.78, 5) is 12.4. The highest BCUT2D eigenvalue weighted by Crippen LogP contribution is 2.28. The Balaban J connectivity index is 1.57. The maximum atomic E-state index is 12.4. The van der Waals surface area contributed by atoms with Gasteiger partial charge in [0.25, 0.3) is 5.91 Å². The molecule has 0 aliphatic heterocycles. The van der Waals surface area contributed by atoms with Crippen LogP contribution >= 0.6 is 0 Å². The van der Waals surface area contributed by atoms with E-state index in [-0.39, 0.29) is 5.91 Å². The zero-order valence-electron chi connectivity index (χ0n) is 14.3. The van der Waals surface area contributed by atoms with Crippen molar-refractivity contribution in [2.24, 2.45) is 0 Å². The molecule has 132 valence electrons. The van der Waals surface area contributed by atoms with E-state index in [4.69, 9.17) is 10.2 Å². The summed E-state index contributed by atoms with van der Waals surface area (Å²) in [5.74, 6) is 0.479. The second kappa shape index (κ2) is 7.13. The Morgan fingerprint density at radius 3 is 2.22 bits per heavy atom. The van der Waals surface area contributed by atoms with Gasteiger partial charge < -0.3 is 15.5 Å². The van der Waals surface area contributed by atoms with E-state index in [1.807, 2.05) is 60.7 Å². The predicted molar refractivity (Wildman–Crippen MR) is 104 cm³/mol. The molecule has 27 heavy (non-hydrogen) atoms.